The van der Waals surface area contributed by atoms with Gasteiger partial charge in [-0.2, -0.15) is 0 Å². The Labute approximate surface area is 101 Å². The topological polar surface area (TPSA) is 50.9 Å². The number of rotatable bonds is 6. The number of ether oxygens (including phenoxy) is 2. The maximum atomic E-state index is 11.4. The van der Waals surface area contributed by atoms with Crippen molar-refractivity contribution < 1.29 is 14.3 Å². The van der Waals surface area contributed by atoms with E-state index in [1.165, 1.54) is 0 Å². The number of amides is 1. The number of carbonyl (C=O) groups is 1. The average molecular weight is 235 g/mol. The van der Waals surface area contributed by atoms with Gasteiger partial charge in [0.05, 0.1) is 6.61 Å². The van der Waals surface area contributed by atoms with Gasteiger partial charge in [-0.25, -0.2) is 0 Å². The van der Waals surface area contributed by atoms with Crippen molar-refractivity contribution in [1.29, 1.82) is 0 Å². The first-order chi connectivity index (χ1) is 8.28. The van der Waals surface area contributed by atoms with Gasteiger partial charge in [-0.3, -0.25) is 4.79 Å². The number of benzene rings is 1. The molecule has 1 aromatic rings. The zero-order valence-corrected chi connectivity index (χ0v) is 9.94. The third-order valence-corrected chi connectivity index (χ3v) is 2.45. The predicted octanol–water partition coefficient (Wildman–Crippen LogP) is 2.20. The number of hydrogen-bond donors (Lipinski definition) is 1. The fourth-order valence-electron chi connectivity index (χ4n) is 1.44. The van der Waals surface area contributed by atoms with Gasteiger partial charge in [0.2, 0.25) is 5.91 Å². The highest BCUT2D eigenvalue weighted by molar-refractivity contribution is 5.90. The zero-order chi connectivity index (χ0) is 12.1. The first kappa shape index (κ1) is 11.9. The third-order valence-electron chi connectivity index (χ3n) is 2.45. The summed E-state index contributed by atoms with van der Waals surface area (Å²) in [6.07, 6.45) is 1.67. The first-order valence-corrected chi connectivity index (χ1v) is 5.92. The Morgan fingerprint density at radius 1 is 1.47 bits per heavy atom. The molecule has 0 radical (unpaired) electrons. The lowest BCUT2D eigenvalue weighted by molar-refractivity contribution is -0.116. The summed E-state index contributed by atoms with van der Waals surface area (Å²) in [6.45, 7) is 3.38. The molecule has 0 bridgehead atoms. The minimum absolute atomic E-state index is 0.0487. The maximum Gasteiger partial charge on any atom is 0.224 e. The Kier molecular flexibility index (Phi) is 3.98. The van der Waals surface area contributed by atoms with Crippen LogP contribution >= 0.6 is 0 Å². The second kappa shape index (κ2) is 5.68. The Bertz CT molecular complexity index is 371. The molecule has 2 rings (SSSR count). The summed E-state index contributed by atoms with van der Waals surface area (Å²) in [5.74, 6) is 0.849. The second-order valence-corrected chi connectivity index (χ2v) is 4.09. The van der Waals surface area contributed by atoms with E-state index in [0.717, 1.165) is 24.5 Å². The highest BCUT2D eigenvalue weighted by Crippen LogP contribution is 2.18. The van der Waals surface area contributed by atoms with E-state index in [9.17, 15) is 4.79 Å². The van der Waals surface area contributed by atoms with Crippen molar-refractivity contribution in [3.05, 3.63) is 24.3 Å². The van der Waals surface area contributed by atoms with E-state index in [0.29, 0.717) is 13.0 Å². The maximum absolute atomic E-state index is 11.4. The van der Waals surface area contributed by atoms with Gasteiger partial charge in [0.1, 0.15) is 18.5 Å². The summed E-state index contributed by atoms with van der Waals surface area (Å²) < 4.78 is 10.6. The van der Waals surface area contributed by atoms with E-state index >= 15 is 0 Å². The second-order valence-electron chi connectivity index (χ2n) is 4.09. The summed E-state index contributed by atoms with van der Waals surface area (Å²) in [6, 6.07) is 7.39. The Balaban J connectivity index is 1.81. The molecule has 92 valence electrons. The van der Waals surface area contributed by atoms with Crippen LogP contribution in [0, 0.1) is 0 Å². The molecule has 0 aliphatic carbocycles. The highest BCUT2D eigenvalue weighted by Gasteiger charge is 2.22. The van der Waals surface area contributed by atoms with Crippen LogP contribution in [-0.2, 0) is 9.53 Å². The van der Waals surface area contributed by atoms with Crippen molar-refractivity contribution in [2.45, 2.75) is 25.9 Å². The summed E-state index contributed by atoms with van der Waals surface area (Å²) in [5.41, 5.74) is 0.804. The zero-order valence-electron chi connectivity index (χ0n) is 9.94. The van der Waals surface area contributed by atoms with E-state index in [-0.39, 0.29) is 12.0 Å². The molecule has 1 unspecified atom stereocenters. The monoisotopic (exact) mass is 235 g/mol. The smallest absolute Gasteiger partial charge is 0.224 e. The van der Waals surface area contributed by atoms with Crippen LogP contribution < -0.4 is 10.1 Å². The van der Waals surface area contributed by atoms with Gasteiger partial charge >= 0.3 is 0 Å². The van der Waals surface area contributed by atoms with Crippen LogP contribution in [-0.4, -0.2) is 25.2 Å². The van der Waals surface area contributed by atoms with Crippen molar-refractivity contribution in [2.24, 2.45) is 0 Å². The fourth-order valence-corrected chi connectivity index (χ4v) is 1.44. The summed E-state index contributed by atoms with van der Waals surface area (Å²) in [4.78, 5) is 11.4. The molecule has 17 heavy (non-hydrogen) atoms. The van der Waals surface area contributed by atoms with Gasteiger partial charge in [0.15, 0.2) is 0 Å². The molecule has 1 saturated heterocycles. The van der Waals surface area contributed by atoms with E-state index in [4.69, 9.17) is 9.47 Å². The molecule has 0 aromatic heterocycles. The largest absolute Gasteiger partial charge is 0.491 e. The van der Waals surface area contributed by atoms with Crippen LogP contribution in [0.15, 0.2) is 24.3 Å². The van der Waals surface area contributed by atoms with Crippen LogP contribution in [0.1, 0.15) is 19.8 Å². The lowest BCUT2D eigenvalue weighted by atomic mass is 10.2. The van der Waals surface area contributed by atoms with Crippen LogP contribution in [0.4, 0.5) is 5.69 Å². The van der Waals surface area contributed by atoms with Gasteiger partial charge in [0.25, 0.3) is 0 Å². The minimum atomic E-state index is 0.0487. The lowest BCUT2D eigenvalue weighted by Crippen LogP contribution is -2.10. The molecule has 1 atom stereocenters. The Morgan fingerprint density at radius 3 is 2.76 bits per heavy atom. The molecule has 4 nitrogen and oxygen atoms in total. The molecule has 1 amide bonds. The quantitative estimate of drug-likeness (QED) is 0.769. The van der Waals surface area contributed by atoms with Crippen LogP contribution in [0.3, 0.4) is 0 Å². The number of anilines is 1. The van der Waals surface area contributed by atoms with Gasteiger partial charge in [-0.05, 0) is 30.7 Å². The standard InChI is InChI=1S/C13H17NO3/c1-2-3-13(15)14-10-4-6-11(7-5-10)16-8-12-9-17-12/h4-7,12H,2-3,8-9H2,1H3,(H,14,15). The van der Waals surface area contributed by atoms with Crippen molar-refractivity contribution in [2.75, 3.05) is 18.5 Å². The van der Waals surface area contributed by atoms with E-state index in [1.807, 2.05) is 31.2 Å². The predicted molar refractivity (Wildman–Crippen MR) is 65.2 cm³/mol. The van der Waals surface area contributed by atoms with Crippen molar-refractivity contribution in [1.82, 2.24) is 0 Å². The van der Waals surface area contributed by atoms with Crippen molar-refractivity contribution in [3.63, 3.8) is 0 Å². The molecule has 1 aromatic carbocycles. The van der Waals surface area contributed by atoms with Crippen molar-refractivity contribution in [3.8, 4) is 5.75 Å². The molecule has 1 heterocycles. The number of carbonyl (C=O) groups excluding carboxylic acids is 1. The minimum Gasteiger partial charge on any atom is -0.491 e. The highest BCUT2D eigenvalue weighted by atomic mass is 16.6. The molecular weight excluding hydrogens is 218 g/mol. The van der Waals surface area contributed by atoms with E-state index in [1.54, 1.807) is 0 Å². The van der Waals surface area contributed by atoms with Gasteiger partial charge in [-0.15, -0.1) is 0 Å². The number of hydrogen-bond acceptors (Lipinski definition) is 3. The molecular formula is C13H17NO3. The number of nitrogens with one attached hydrogen (secondary N) is 1. The third kappa shape index (κ3) is 4.07. The SMILES string of the molecule is CCCC(=O)Nc1ccc(OCC2CO2)cc1. The lowest BCUT2D eigenvalue weighted by Gasteiger charge is -2.07. The summed E-state index contributed by atoms with van der Waals surface area (Å²) >= 11 is 0. The molecule has 1 aliphatic heterocycles. The Hall–Kier alpha value is -1.55. The Morgan fingerprint density at radius 2 is 2.18 bits per heavy atom. The molecule has 0 spiro atoms. The molecule has 1 fully saturated rings. The van der Waals surface area contributed by atoms with E-state index in [2.05, 4.69) is 5.32 Å². The first-order valence-electron chi connectivity index (χ1n) is 5.92. The van der Waals surface area contributed by atoms with Crippen LogP contribution in [0.2, 0.25) is 0 Å². The van der Waals surface area contributed by atoms with Crippen molar-refractivity contribution >= 4 is 11.6 Å². The van der Waals surface area contributed by atoms with Gasteiger partial charge < -0.3 is 14.8 Å². The van der Waals surface area contributed by atoms with Crippen LogP contribution in [0.25, 0.3) is 0 Å². The summed E-state index contributed by atoms with van der Waals surface area (Å²) in [5, 5.41) is 2.83. The summed E-state index contributed by atoms with van der Waals surface area (Å²) in [7, 11) is 0. The number of epoxide rings is 1. The van der Waals surface area contributed by atoms with Gasteiger partial charge in [-0.1, -0.05) is 6.92 Å². The fraction of sp³-hybridized carbons (Fsp3) is 0.462. The van der Waals surface area contributed by atoms with Gasteiger partial charge in [0, 0.05) is 12.1 Å². The molecule has 1 N–H and O–H groups in total. The van der Waals surface area contributed by atoms with E-state index < -0.39 is 0 Å². The molecule has 4 heteroatoms. The normalized spacial score (nSPS) is 17.6. The molecule has 1 aliphatic rings. The average Bonchev–Trinajstić information content (AvgIpc) is 3.12. The molecule has 0 saturated carbocycles. The van der Waals surface area contributed by atoms with Crippen LogP contribution in [0.5, 0.6) is 5.75 Å².